The first-order chi connectivity index (χ1) is 12.7. The summed E-state index contributed by atoms with van der Waals surface area (Å²) in [6.07, 6.45) is 0. The van der Waals surface area contributed by atoms with Crippen LogP contribution in [0.2, 0.25) is 0 Å². The Kier molecular flexibility index (Phi) is 6.85. The summed E-state index contributed by atoms with van der Waals surface area (Å²) in [6.45, 7) is 4.58. The van der Waals surface area contributed by atoms with Crippen molar-refractivity contribution >= 4 is 27.3 Å². The second kappa shape index (κ2) is 8.90. The van der Waals surface area contributed by atoms with Crippen LogP contribution in [0.15, 0.2) is 48.5 Å². The standard InChI is InChI=1S/C20H27N3O3S/c1-15(2)13-21-20(24)18-12-17(10-11-19(18)23(3)4)22-27(25,26)14-16-8-6-5-7-9-16/h5-12,15,22H,13-14H2,1-4H3,(H,21,24). The Morgan fingerprint density at radius 2 is 1.74 bits per heavy atom. The van der Waals surface area contributed by atoms with Gasteiger partial charge < -0.3 is 10.2 Å². The topological polar surface area (TPSA) is 78.5 Å². The van der Waals surface area contributed by atoms with Crippen molar-refractivity contribution in [2.24, 2.45) is 5.92 Å². The Balaban J connectivity index is 2.24. The quantitative estimate of drug-likeness (QED) is 0.727. The Hall–Kier alpha value is -2.54. The lowest BCUT2D eigenvalue weighted by Gasteiger charge is -2.19. The largest absolute Gasteiger partial charge is 0.377 e. The molecule has 1 amide bonds. The maximum absolute atomic E-state index is 12.6. The van der Waals surface area contributed by atoms with Crippen LogP contribution in [0.4, 0.5) is 11.4 Å². The van der Waals surface area contributed by atoms with Crippen molar-refractivity contribution < 1.29 is 13.2 Å². The third-order valence-corrected chi connectivity index (χ3v) is 5.13. The first kappa shape index (κ1) is 20.8. The first-order valence-corrected chi connectivity index (χ1v) is 10.5. The average Bonchev–Trinajstić information content (AvgIpc) is 2.59. The minimum Gasteiger partial charge on any atom is -0.377 e. The monoisotopic (exact) mass is 389 g/mol. The number of nitrogens with zero attached hydrogens (tertiary/aromatic N) is 1. The fraction of sp³-hybridized carbons (Fsp3) is 0.350. The lowest BCUT2D eigenvalue weighted by Crippen LogP contribution is -2.29. The van der Waals surface area contributed by atoms with Crippen LogP contribution in [0.25, 0.3) is 0 Å². The van der Waals surface area contributed by atoms with Crippen molar-refractivity contribution in [3.05, 3.63) is 59.7 Å². The number of nitrogens with one attached hydrogen (secondary N) is 2. The summed E-state index contributed by atoms with van der Waals surface area (Å²) < 4.78 is 27.5. The zero-order valence-corrected chi connectivity index (χ0v) is 17.0. The second-order valence-corrected chi connectivity index (χ2v) is 8.80. The van der Waals surface area contributed by atoms with Crippen molar-refractivity contribution in [1.82, 2.24) is 5.32 Å². The molecule has 0 heterocycles. The SMILES string of the molecule is CC(C)CNC(=O)c1cc(NS(=O)(=O)Cc2ccccc2)ccc1N(C)C. The molecule has 2 aromatic carbocycles. The van der Waals surface area contributed by atoms with Crippen LogP contribution in [0, 0.1) is 5.92 Å². The van der Waals surface area contributed by atoms with Gasteiger partial charge in [-0.25, -0.2) is 8.42 Å². The van der Waals surface area contributed by atoms with Crippen LogP contribution in [0.3, 0.4) is 0 Å². The van der Waals surface area contributed by atoms with E-state index in [1.165, 1.54) is 0 Å². The normalized spacial score (nSPS) is 11.3. The van der Waals surface area contributed by atoms with Crippen molar-refractivity contribution in [2.45, 2.75) is 19.6 Å². The van der Waals surface area contributed by atoms with Crippen LogP contribution in [0.5, 0.6) is 0 Å². The molecule has 0 saturated carbocycles. The molecule has 0 fully saturated rings. The molecule has 2 N–H and O–H groups in total. The highest BCUT2D eigenvalue weighted by Crippen LogP contribution is 2.24. The molecular weight excluding hydrogens is 362 g/mol. The molecule has 0 bridgehead atoms. The maximum Gasteiger partial charge on any atom is 0.253 e. The molecule has 0 aliphatic carbocycles. The number of amides is 1. The van der Waals surface area contributed by atoms with Gasteiger partial charge in [-0.3, -0.25) is 9.52 Å². The van der Waals surface area contributed by atoms with E-state index in [0.29, 0.717) is 29.3 Å². The van der Waals surface area contributed by atoms with Gasteiger partial charge in [-0.1, -0.05) is 44.2 Å². The maximum atomic E-state index is 12.6. The molecule has 2 aromatic rings. The zero-order valence-electron chi connectivity index (χ0n) is 16.2. The molecule has 2 rings (SSSR count). The molecule has 0 atom stereocenters. The van der Waals surface area contributed by atoms with Gasteiger partial charge in [-0.2, -0.15) is 0 Å². The molecule has 0 spiro atoms. The minimum atomic E-state index is -3.58. The number of rotatable bonds is 8. The highest BCUT2D eigenvalue weighted by atomic mass is 32.2. The Morgan fingerprint density at radius 3 is 2.33 bits per heavy atom. The predicted octanol–water partition coefficient (Wildman–Crippen LogP) is 3.08. The summed E-state index contributed by atoms with van der Waals surface area (Å²) in [5.41, 5.74) is 2.22. The van der Waals surface area contributed by atoms with E-state index in [1.54, 1.807) is 42.5 Å². The summed E-state index contributed by atoms with van der Waals surface area (Å²) >= 11 is 0. The fourth-order valence-electron chi connectivity index (χ4n) is 2.57. The van der Waals surface area contributed by atoms with Gasteiger partial charge in [0.25, 0.3) is 5.91 Å². The van der Waals surface area contributed by atoms with Crippen molar-refractivity contribution in [3.63, 3.8) is 0 Å². The summed E-state index contributed by atoms with van der Waals surface area (Å²) in [4.78, 5) is 14.4. The number of hydrogen-bond acceptors (Lipinski definition) is 4. The third-order valence-electron chi connectivity index (χ3n) is 3.87. The van der Waals surface area contributed by atoms with E-state index in [9.17, 15) is 13.2 Å². The van der Waals surface area contributed by atoms with Gasteiger partial charge >= 0.3 is 0 Å². The zero-order chi connectivity index (χ0) is 20.0. The summed E-state index contributed by atoms with van der Waals surface area (Å²) in [5.74, 6) is -0.0289. The molecule has 0 aromatic heterocycles. The average molecular weight is 390 g/mol. The van der Waals surface area contributed by atoms with E-state index in [4.69, 9.17) is 0 Å². The van der Waals surface area contributed by atoms with E-state index in [2.05, 4.69) is 10.0 Å². The van der Waals surface area contributed by atoms with Gasteiger partial charge in [-0.15, -0.1) is 0 Å². The molecule has 7 heteroatoms. The van der Waals surface area contributed by atoms with Crippen molar-refractivity contribution in [2.75, 3.05) is 30.3 Å². The smallest absolute Gasteiger partial charge is 0.253 e. The number of carbonyl (C=O) groups excluding carboxylic acids is 1. The van der Waals surface area contributed by atoms with E-state index in [1.807, 2.05) is 38.9 Å². The summed E-state index contributed by atoms with van der Waals surface area (Å²) in [5, 5.41) is 2.88. The van der Waals surface area contributed by atoms with Crippen molar-refractivity contribution in [1.29, 1.82) is 0 Å². The molecule has 0 aliphatic rings. The van der Waals surface area contributed by atoms with Crippen molar-refractivity contribution in [3.8, 4) is 0 Å². The first-order valence-electron chi connectivity index (χ1n) is 8.82. The third kappa shape index (κ3) is 6.29. The fourth-order valence-corrected chi connectivity index (χ4v) is 3.76. The second-order valence-electron chi connectivity index (χ2n) is 7.08. The van der Waals surface area contributed by atoms with Gasteiger partial charge in [0.2, 0.25) is 10.0 Å². The molecule has 0 unspecified atom stereocenters. The Morgan fingerprint density at radius 1 is 1.07 bits per heavy atom. The lowest BCUT2D eigenvalue weighted by molar-refractivity contribution is 0.0949. The highest BCUT2D eigenvalue weighted by Gasteiger charge is 2.17. The highest BCUT2D eigenvalue weighted by molar-refractivity contribution is 7.91. The Bertz CT molecular complexity index is 879. The van der Waals surface area contributed by atoms with Crippen LogP contribution in [0.1, 0.15) is 29.8 Å². The van der Waals surface area contributed by atoms with E-state index < -0.39 is 10.0 Å². The molecule has 27 heavy (non-hydrogen) atoms. The number of sulfonamides is 1. The Labute approximate surface area is 161 Å². The minimum absolute atomic E-state index is 0.127. The molecule has 146 valence electrons. The van der Waals surface area contributed by atoms with Gasteiger partial charge in [0.15, 0.2) is 0 Å². The van der Waals surface area contributed by atoms with Crippen LogP contribution in [-0.4, -0.2) is 35.0 Å². The molecule has 6 nitrogen and oxygen atoms in total. The van der Waals surface area contributed by atoms with Gasteiger partial charge in [-0.05, 0) is 29.7 Å². The molecular formula is C20H27N3O3S. The van der Waals surface area contributed by atoms with Gasteiger partial charge in [0.05, 0.1) is 11.3 Å². The van der Waals surface area contributed by atoms with Crippen LogP contribution < -0.4 is 14.9 Å². The predicted molar refractivity (Wildman–Crippen MR) is 111 cm³/mol. The van der Waals surface area contributed by atoms with E-state index in [0.717, 1.165) is 5.69 Å². The lowest BCUT2D eigenvalue weighted by atomic mass is 10.1. The molecule has 0 saturated heterocycles. The number of benzene rings is 2. The van der Waals surface area contributed by atoms with Gasteiger partial charge in [0.1, 0.15) is 0 Å². The number of anilines is 2. The summed E-state index contributed by atoms with van der Waals surface area (Å²) in [6, 6.07) is 13.9. The number of carbonyl (C=O) groups is 1. The number of hydrogen-bond donors (Lipinski definition) is 2. The molecule has 0 aliphatic heterocycles. The summed E-state index contributed by atoms with van der Waals surface area (Å²) in [7, 11) is 0.0979. The van der Waals surface area contributed by atoms with Crippen LogP contribution in [-0.2, 0) is 15.8 Å². The molecule has 0 radical (unpaired) electrons. The van der Waals surface area contributed by atoms with Gasteiger partial charge in [0, 0.05) is 32.0 Å². The van der Waals surface area contributed by atoms with E-state index >= 15 is 0 Å². The van der Waals surface area contributed by atoms with E-state index in [-0.39, 0.29) is 11.7 Å². The van der Waals surface area contributed by atoms with Crippen LogP contribution >= 0.6 is 0 Å².